The Labute approximate surface area is 330 Å². The van der Waals surface area contributed by atoms with Crippen LogP contribution in [-0.2, 0) is 4.74 Å². The summed E-state index contributed by atoms with van der Waals surface area (Å²) in [4.78, 5) is 2.60. The molecule has 312 valence electrons. The molecule has 0 aromatic heterocycles. The standard InChI is InChI=1S/C13H26.2C12H25N.C12H24O/c1-10(2)11-6-8-12(9-7-11)13(3,4)5;1-10(2)13-8-6-11(7-9-13)12(3,4)5;2*1-9(2)11-7-6-10(8-13-11)12(3,4)5/h10-12H,6-9H2,1-5H3;10-11H,6-9H2,1-5H3;9-11,13H,6-8H2,1-5H3;9-11H,6-8H2,1-5H3. The second-order valence-electron chi connectivity index (χ2n) is 23.6. The highest BCUT2D eigenvalue weighted by molar-refractivity contribution is 4.86. The van der Waals surface area contributed by atoms with Crippen LogP contribution in [0.25, 0.3) is 0 Å². The summed E-state index contributed by atoms with van der Waals surface area (Å²) >= 11 is 0. The first-order chi connectivity index (χ1) is 23.6. The van der Waals surface area contributed by atoms with Gasteiger partial charge < -0.3 is 15.0 Å². The van der Waals surface area contributed by atoms with E-state index in [2.05, 4.69) is 149 Å². The fraction of sp³-hybridized carbons (Fsp3) is 1.00. The smallest absolute Gasteiger partial charge is 0.0598 e. The van der Waals surface area contributed by atoms with Gasteiger partial charge in [0.1, 0.15) is 0 Å². The first-order valence-corrected chi connectivity index (χ1v) is 22.7. The topological polar surface area (TPSA) is 24.5 Å². The maximum Gasteiger partial charge on any atom is 0.0598 e. The molecular formula is C49H100N2O. The van der Waals surface area contributed by atoms with E-state index in [9.17, 15) is 0 Å². The first kappa shape index (κ1) is 49.9. The summed E-state index contributed by atoms with van der Waals surface area (Å²) in [6.07, 6.45) is 14.5. The minimum Gasteiger partial charge on any atom is -0.378 e. The summed E-state index contributed by atoms with van der Waals surface area (Å²) in [5, 5.41) is 3.68. The quantitative estimate of drug-likeness (QED) is 0.311. The largest absolute Gasteiger partial charge is 0.378 e. The molecule has 0 amide bonds. The zero-order chi connectivity index (χ0) is 40.2. The van der Waals surface area contributed by atoms with Gasteiger partial charge in [-0.1, -0.05) is 125 Å². The van der Waals surface area contributed by atoms with E-state index < -0.39 is 0 Å². The van der Waals surface area contributed by atoms with Gasteiger partial charge >= 0.3 is 0 Å². The molecule has 3 nitrogen and oxygen atoms in total. The predicted molar refractivity (Wildman–Crippen MR) is 234 cm³/mol. The van der Waals surface area contributed by atoms with Gasteiger partial charge in [-0.15, -0.1) is 0 Å². The van der Waals surface area contributed by atoms with Crippen LogP contribution in [0.3, 0.4) is 0 Å². The summed E-state index contributed by atoms with van der Waals surface area (Å²) in [7, 11) is 0. The molecule has 1 saturated carbocycles. The van der Waals surface area contributed by atoms with E-state index in [1.54, 1.807) is 0 Å². The Bertz CT molecular complexity index is 739. The Kier molecular flexibility index (Phi) is 21.1. The van der Waals surface area contributed by atoms with Gasteiger partial charge in [-0.2, -0.15) is 0 Å². The molecule has 0 bridgehead atoms. The van der Waals surface area contributed by atoms with Crippen molar-refractivity contribution in [1.29, 1.82) is 0 Å². The van der Waals surface area contributed by atoms with Crippen LogP contribution < -0.4 is 5.32 Å². The Morgan fingerprint density at radius 3 is 1.19 bits per heavy atom. The molecule has 1 aliphatic carbocycles. The second-order valence-corrected chi connectivity index (χ2v) is 23.6. The Balaban J connectivity index is 0.000000347. The third kappa shape index (κ3) is 18.7. The lowest BCUT2D eigenvalue weighted by Gasteiger charge is -2.40. The molecule has 4 rings (SSSR count). The van der Waals surface area contributed by atoms with E-state index >= 15 is 0 Å². The number of rotatable bonds is 4. The number of hydrogen-bond acceptors (Lipinski definition) is 3. The van der Waals surface area contributed by atoms with Crippen LogP contribution in [0.2, 0.25) is 0 Å². The van der Waals surface area contributed by atoms with Gasteiger partial charge in [0.05, 0.1) is 12.7 Å². The zero-order valence-corrected chi connectivity index (χ0v) is 39.6. The van der Waals surface area contributed by atoms with E-state index in [1.165, 1.54) is 83.8 Å². The van der Waals surface area contributed by atoms with Gasteiger partial charge in [-0.3, -0.25) is 0 Å². The molecule has 0 radical (unpaired) electrons. The van der Waals surface area contributed by atoms with Gasteiger partial charge in [0.2, 0.25) is 0 Å². The molecule has 3 aliphatic heterocycles. The van der Waals surface area contributed by atoms with E-state index in [0.29, 0.717) is 33.7 Å². The normalized spacial score (nSPS) is 28.8. The van der Waals surface area contributed by atoms with Crippen LogP contribution in [0.1, 0.15) is 203 Å². The lowest BCUT2D eigenvalue weighted by atomic mass is 9.68. The predicted octanol–water partition coefficient (Wildman–Crippen LogP) is 14.2. The summed E-state index contributed by atoms with van der Waals surface area (Å²) < 4.78 is 5.88. The van der Waals surface area contributed by atoms with Crippen molar-refractivity contribution in [2.45, 2.75) is 221 Å². The Morgan fingerprint density at radius 1 is 0.462 bits per heavy atom. The van der Waals surface area contributed by atoms with Crippen molar-refractivity contribution >= 4 is 0 Å². The zero-order valence-electron chi connectivity index (χ0n) is 39.6. The van der Waals surface area contributed by atoms with Crippen molar-refractivity contribution in [3.63, 3.8) is 0 Å². The van der Waals surface area contributed by atoms with Crippen LogP contribution in [0, 0.1) is 69.0 Å². The van der Waals surface area contributed by atoms with E-state index in [0.717, 1.165) is 60.1 Å². The molecule has 0 spiro atoms. The van der Waals surface area contributed by atoms with Crippen LogP contribution in [0.4, 0.5) is 0 Å². The fourth-order valence-electron chi connectivity index (χ4n) is 9.10. The van der Waals surface area contributed by atoms with E-state index in [4.69, 9.17) is 4.74 Å². The maximum atomic E-state index is 5.88. The Hall–Kier alpha value is -0.120. The van der Waals surface area contributed by atoms with Crippen LogP contribution in [0.5, 0.6) is 0 Å². The SMILES string of the molecule is CC(C)C1CCC(C(C)(C)C)CC1.CC(C)C1CCC(C(C)(C)C)CN1.CC(C)C1CCC(C(C)(C)C)CO1.CC(C)N1CCC(C(C)(C)C)CC1. The third-order valence-electron chi connectivity index (χ3n) is 14.2. The summed E-state index contributed by atoms with van der Waals surface area (Å²) in [5.74, 6) is 6.91. The summed E-state index contributed by atoms with van der Waals surface area (Å²) in [6, 6.07) is 1.50. The minimum absolute atomic E-state index is 0.419. The number of nitrogens with one attached hydrogen (secondary N) is 1. The van der Waals surface area contributed by atoms with Crippen molar-refractivity contribution < 1.29 is 4.74 Å². The average molecular weight is 733 g/mol. The highest BCUT2D eigenvalue weighted by atomic mass is 16.5. The molecule has 1 N–H and O–H groups in total. The van der Waals surface area contributed by atoms with Crippen molar-refractivity contribution in [3.8, 4) is 0 Å². The monoisotopic (exact) mass is 733 g/mol. The maximum absolute atomic E-state index is 5.88. The van der Waals surface area contributed by atoms with Crippen molar-refractivity contribution in [2.24, 2.45) is 69.0 Å². The fourth-order valence-corrected chi connectivity index (χ4v) is 9.10. The van der Waals surface area contributed by atoms with Crippen LogP contribution in [0.15, 0.2) is 0 Å². The molecule has 3 heterocycles. The second kappa shape index (κ2) is 22.0. The summed E-state index contributed by atoms with van der Waals surface area (Å²) in [5.41, 5.74) is 1.96. The van der Waals surface area contributed by atoms with Crippen molar-refractivity contribution in [3.05, 3.63) is 0 Å². The number of hydrogen-bond donors (Lipinski definition) is 1. The minimum atomic E-state index is 0.419. The molecule has 52 heavy (non-hydrogen) atoms. The average Bonchev–Trinajstić information content (AvgIpc) is 3.04. The molecule has 4 fully saturated rings. The third-order valence-corrected chi connectivity index (χ3v) is 14.2. The molecule has 4 atom stereocenters. The number of nitrogens with zero attached hydrogens (tertiary/aromatic N) is 1. The van der Waals surface area contributed by atoms with Crippen LogP contribution in [-0.4, -0.2) is 49.3 Å². The molecule has 4 unspecified atom stereocenters. The highest BCUT2D eigenvalue weighted by Crippen LogP contribution is 2.42. The summed E-state index contributed by atoms with van der Waals surface area (Å²) in [6.45, 7) is 51.6. The molecule has 3 saturated heterocycles. The Morgan fingerprint density at radius 2 is 0.885 bits per heavy atom. The van der Waals surface area contributed by atoms with Crippen molar-refractivity contribution in [2.75, 3.05) is 26.2 Å². The van der Waals surface area contributed by atoms with Gasteiger partial charge in [-0.05, 0) is 167 Å². The number of piperidine rings is 2. The molecule has 0 aromatic rings. The van der Waals surface area contributed by atoms with Gasteiger partial charge in [0.25, 0.3) is 0 Å². The van der Waals surface area contributed by atoms with Crippen molar-refractivity contribution in [1.82, 2.24) is 10.2 Å². The lowest BCUT2D eigenvalue weighted by molar-refractivity contribution is -0.0649. The lowest BCUT2D eigenvalue weighted by Crippen LogP contribution is -2.45. The van der Waals surface area contributed by atoms with Gasteiger partial charge in [0, 0.05) is 12.1 Å². The molecule has 3 heteroatoms. The van der Waals surface area contributed by atoms with Gasteiger partial charge in [0.15, 0.2) is 0 Å². The first-order valence-electron chi connectivity index (χ1n) is 22.7. The number of likely N-dealkylation sites (tertiary alicyclic amines) is 1. The van der Waals surface area contributed by atoms with Crippen LogP contribution >= 0.6 is 0 Å². The van der Waals surface area contributed by atoms with E-state index in [1.807, 2.05) is 0 Å². The molecular weight excluding hydrogens is 633 g/mol. The number of ether oxygens (including phenoxy) is 1. The molecule has 0 aromatic carbocycles. The van der Waals surface area contributed by atoms with E-state index in [-0.39, 0.29) is 0 Å². The van der Waals surface area contributed by atoms with Gasteiger partial charge in [-0.25, -0.2) is 0 Å². The molecule has 4 aliphatic rings. The highest BCUT2D eigenvalue weighted by Gasteiger charge is 2.33.